The molecule has 3 aromatic carbocycles. The fraction of sp³-hybridized carbons (Fsp3) is 0.0952. The molecule has 3 aromatic rings. The number of nitro groups is 1. The van der Waals surface area contributed by atoms with Gasteiger partial charge in [-0.3, -0.25) is 20.3 Å². The number of halogens is 1. The lowest BCUT2D eigenvalue weighted by Gasteiger charge is -2.10. The zero-order valence-electron chi connectivity index (χ0n) is 17.4. The molecule has 0 heterocycles. The first-order chi connectivity index (χ1) is 15.6. The number of hydrogen-bond acceptors (Lipinski definition) is 8. The molecule has 0 saturated heterocycles. The maximum atomic E-state index is 12.7. The number of nitrogens with zero attached hydrogens (tertiary/aromatic N) is 2. The topological polar surface area (TPSA) is 143 Å². The summed E-state index contributed by atoms with van der Waals surface area (Å²) in [6.07, 6.45) is 0. The highest BCUT2D eigenvalue weighted by atomic mass is 35.5. The summed E-state index contributed by atoms with van der Waals surface area (Å²) in [6, 6.07) is 14.0. The fourth-order valence-electron chi connectivity index (χ4n) is 2.84. The van der Waals surface area contributed by atoms with E-state index in [1.807, 2.05) is 0 Å². The number of benzene rings is 3. The molecule has 0 aromatic heterocycles. The van der Waals surface area contributed by atoms with Gasteiger partial charge in [0.25, 0.3) is 15.7 Å². The number of rotatable bonds is 8. The van der Waals surface area contributed by atoms with Crippen molar-refractivity contribution in [1.29, 1.82) is 0 Å². The predicted octanol–water partition coefficient (Wildman–Crippen LogP) is 4.60. The van der Waals surface area contributed by atoms with Crippen LogP contribution in [0.4, 0.5) is 17.1 Å². The molecule has 0 bridgehead atoms. The van der Waals surface area contributed by atoms with Crippen LogP contribution in [0.25, 0.3) is 0 Å². The summed E-state index contributed by atoms with van der Waals surface area (Å²) in [7, 11) is -2.65. The second-order valence-corrected chi connectivity index (χ2v) is 8.86. The van der Waals surface area contributed by atoms with Crippen LogP contribution in [0.1, 0.15) is 12.5 Å². The molecule has 0 saturated carbocycles. The predicted molar refractivity (Wildman–Crippen MR) is 126 cm³/mol. The Labute approximate surface area is 194 Å². The SMILES string of the molecule is COc1ccc(C(C)=NNc2ccc(S(=O)(=O)Nc3cccc(Cl)c3)cc2[N+](=O)[O-])c(O)c1. The second-order valence-electron chi connectivity index (χ2n) is 6.74. The first-order valence-corrected chi connectivity index (χ1v) is 11.2. The van der Waals surface area contributed by atoms with Crippen LogP contribution in [-0.4, -0.2) is 31.3 Å². The van der Waals surface area contributed by atoms with E-state index >= 15 is 0 Å². The minimum Gasteiger partial charge on any atom is -0.507 e. The molecule has 10 nitrogen and oxygen atoms in total. The molecule has 172 valence electrons. The van der Waals surface area contributed by atoms with Crippen LogP contribution in [0, 0.1) is 10.1 Å². The molecular weight excluding hydrogens is 472 g/mol. The van der Waals surface area contributed by atoms with E-state index in [2.05, 4.69) is 15.2 Å². The van der Waals surface area contributed by atoms with Crippen molar-refractivity contribution in [3.63, 3.8) is 0 Å². The van der Waals surface area contributed by atoms with Crippen LogP contribution in [0.3, 0.4) is 0 Å². The summed E-state index contributed by atoms with van der Waals surface area (Å²) >= 11 is 5.87. The van der Waals surface area contributed by atoms with Gasteiger partial charge in [0, 0.05) is 22.7 Å². The molecule has 0 aliphatic carbocycles. The van der Waals surface area contributed by atoms with E-state index < -0.39 is 20.6 Å². The van der Waals surface area contributed by atoms with Gasteiger partial charge in [-0.25, -0.2) is 8.42 Å². The van der Waals surface area contributed by atoms with Crippen molar-refractivity contribution in [1.82, 2.24) is 0 Å². The van der Waals surface area contributed by atoms with Crippen molar-refractivity contribution in [2.75, 3.05) is 17.3 Å². The second kappa shape index (κ2) is 9.76. The van der Waals surface area contributed by atoms with Crippen LogP contribution < -0.4 is 14.9 Å². The third-order valence-corrected chi connectivity index (χ3v) is 6.11. The van der Waals surface area contributed by atoms with Gasteiger partial charge in [0.1, 0.15) is 17.2 Å². The van der Waals surface area contributed by atoms with E-state index in [1.54, 1.807) is 31.2 Å². The van der Waals surface area contributed by atoms with E-state index in [4.69, 9.17) is 16.3 Å². The van der Waals surface area contributed by atoms with Crippen molar-refractivity contribution < 1.29 is 23.2 Å². The van der Waals surface area contributed by atoms with Gasteiger partial charge in [-0.2, -0.15) is 5.10 Å². The molecule has 0 amide bonds. The monoisotopic (exact) mass is 490 g/mol. The van der Waals surface area contributed by atoms with Crippen LogP contribution in [0.5, 0.6) is 11.5 Å². The number of hydrogen-bond donors (Lipinski definition) is 3. The van der Waals surface area contributed by atoms with E-state index in [0.717, 1.165) is 6.07 Å². The Hall–Kier alpha value is -3.83. The summed E-state index contributed by atoms with van der Waals surface area (Å²) in [6.45, 7) is 1.59. The van der Waals surface area contributed by atoms with Gasteiger partial charge in [-0.1, -0.05) is 17.7 Å². The Bertz CT molecular complexity index is 1340. The van der Waals surface area contributed by atoms with E-state index in [0.29, 0.717) is 22.0 Å². The maximum absolute atomic E-state index is 12.7. The third kappa shape index (κ3) is 5.70. The van der Waals surface area contributed by atoms with Crippen LogP contribution >= 0.6 is 11.6 Å². The molecule has 0 spiro atoms. The number of ether oxygens (including phenoxy) is 1. The number of hydrazone groups is 1. The van der Waals surface area contributed by atoms with Crippen molar-refractivity contribution in [2.24, 2.45) is 5.10 Å². The van der Waals surface area contributed by atoms with Gasteiger partial charge in [-0.05, 0) is 49.4 Å². The van der Waals surface area contributed by atoms with Crippen LogP contribution in [-0.2, 0) is 10.0 Å². The largest absolute Gasteiger partial charge is 0.507 e. The summed E-state index contributed by atoms with van der Waals surface area (Å²) < 4.78 is 32.7. The summed E-state index contributed by atoms with van der Waals surface area (Å²) in [5.74, 6) is 0.372. The van der Waals surface area contributed by atoms with Gasteiger partial charge < -0.3 is 9.84 Å². The lowest BCUT2D eigenvalue weighted by atomic mass is 10.1. The molecule has 3 N–H and O–H groups in total. The van der Waals surface area contributed by atoms with E-state index in [9.17, 15) is 23.6 Å². The Morgan fingerprint density at radius 3 is 2.55 bits per heavy atom. The zero-order valence-corrected chi connectivity index (χ0v) is 19.0. The highest BCUT2D eigenvalue weighted by Gasteiger charge is 2.22. The van der Waals surface area contributed by atoms with Gasteiger partial charge in [0.05, 0.1) is 28.3 Å². The number of methoxy groups -OCH3 is 1. The zero-order chi connectivity index (χ0) is 24.2. The lowest BCUT2D eigenvalue weighted by Crippen LogP contribution is -2.13. The number of phenols is 1. The minimum absolute atomic E-state index is 0.0333. The van der Waals surface area contributed by atoms with Gasteiger partial charge in [0.2, 0.25) is 0 Å². The molecular formula is C21H19ClN4O6S. The number of anilines is 2. The van der Waals surface area contributed by atoms with Gasteiger partial charge in [0.15, 0.2) is 0 Å². The molecule has 12 heteroatoms. The highest BCUT2D eigenvalue weighted by Crippen LogP contribution is 2.30. The normalized spacial score (nSPS) is 11.7. The smallest absolute Gasteiger partial charge is 0.295 e. The van der Waals surface area contributed by atoms with Gasteiger partial charge in [-0.15, -0.1) is 0 Å². The molecule has 0 aliphatic rings. The summed E-state index contributed by atoms with van der Waals surface area (Å²) in [5, 5.41) is 26.1. The Morgan fingerprint density at radius 1 is 1.15 bits per heavy atom. The average molecular weight is 491 g/mol. The van der Waals surface area contributed by atoms with Gasteiger partial charge >= 0.3 is 0 Å². The van der Waals surface area contributed by atoms with Crippen molar-refractivity contribution in [2.45, 2.75) is 11.8 Å². The first-order valence-electron chi connectivity index (χ1n) is 9.35. The quantitative estimate of drug-likeness (QED) is 0.238. The Kier molecular flexibility index (Phi) is 7.04. The van der Waals surface area contributed by atoms with E-state index in [-0.39, 0.29) is 22.0 Å². The number of phenolic OH excluding ortho intramolecular Hbond substituents is 1. The summed E-state index contributed by atoms with van der Waals surface area (Å²) in [4.78, 5) is 10.5. The Morgan fingerprint density at radius 2 is 1.91 bits per heavy atom. The Balaban J connectivity index is 1.88. The molecule has 0 atom stereocenters. The highest BCUT2D eigenvalue weighted by molar-refractivity contribution is 7.92. The van der Waals surface area contributed by atoms with Crippen LogP contribution in [0.15, 0.2) is 70.7 Å². The molecule has 0 radical (unpaired) electrons. The fourth-order valence-corrected chi connectivity index (χ4v) is 4.10. The molecule has 3 rings (SSSR count). The molecule has 0 aliphatic heterocycles. The third-order valence-electron chi connectivity index (χ3n) is 4.49. The molecule has 0 unspecified atom stereocenters. The lowest BCUT2D eigenvalue weighted by molar-refractivity contribution is -0.384. The minimum atomic E-state index is -4.11. The van der Waals surface area contributed by atoms with Crippen molar-refractivity contribution in [3.8, 4) is 11.5 Å². The number of sulfonamides is 1. The van der Waals surface area contributed by atoms with E-state index in [1.165, 1.54) is 37.4 Å². The maximum Gasteiger partial charge on any atom is 0.295 e. The van der Waals surface area contributed by atoms with Crippen molar-refractivity contribution >= 4 is 44.4 Å². The van der Waals surface area contributed by atoms with Crippen molar-refractivity contribution in [3.05, 3.63) is 81.4 Å². The number of nitro benzene ring substituents is 1. The number of nitrogens with one attached hydrogen (secondary N) is 2. The molecule has 33 heavy (non-hydrogen) atoms. The first kappa shape index (κ1) is 23.8. The average Bonchev–Trinajstić information content (AvgIpc) is 2.76. The van der Waals surface area contributed by atoms with Crippen LogP contribution in [0.2, 0.25) is 5.02 Å². The summed E-state index contributed by atoms with van der Waals surface area (Å²) in [5.41, 5.74) is 2.96. The number of aromatic hydroxyl groups is 1. The standard InChI is InChI=1S/C21H19ClN4O6S/c1-13(18-8-6-16(32-2)11-21(18)27)23-24-19-9-7-17(12-20(19)26(28)29)33(30,31)25-15-5-3-4-14(22)10-15/h3-12,24-25,27H,1-2H3. The molecule has 0 fully saturated rings.